The van der Waals surface area contributed by atoms with Crippen molar-refractivity contribution < 1.29 is 18.8 Å². The Labute approximate surface area is 224 Å². The summed E-state index contributed by atoms with van der Waals surface area (Å²) in [4.78, 5) is 43.9. The molecule has 0 saturated carbocycles. The molecule has 1 atom stereocenters. The van der Waals surface area contributed by atoms with Crippen molar-refractivity contribution in [1.29, 1.82) is 0 Å². The number of imide groups is 1. The van der Waals surface area contributed by atoms with Crippen LogP contribution in [0.5, 0.6) is 0 Å². The highest BCUT2D eigenvalue weighted by Crippen LogP contribution is 2.26. The van der Waals surface area contributed by atoms with E-state index < -0.39 is 23.7 Å². The number of carbonyl (C=O) groups excluding carboxylic acids is 3. The van der Waals surface area contributed by atoms with Crippen LogP contribution in [0, 0.1) is 5.82 Å². The molecule has 2 heterocycles. The number of aromatic nitrogens is 1. The molecule has 0 radical (unpaired) electrons. The Hall–Kier alpha value is -5.04. The Kier molecular flexibility index (Phi) is 6.25. The van der Waals surface area contributed by atoms with Crippen molar-refractivity contribution in [3.8, 4) is 11.3 Å². The number of amides is 3. The van der Waals surface area contributed by atoms with Gasteiger partial charge in [-0.2, -0.15) is 0 Å². The molecule has 1 aliphatic rings. The van der Waals surface area contributed by atoms with Gasteiger partial charge in [-0.15, -0.1) is 0 Å². The third-order valence-electron chi connectivity index (χ3n) is 6.96. The molecule has 0 unspecified atom stereocenters. The van der Waals surface area contributed by atoms with Crippen LogP contribution in [0.1, 0.15) is 36.6 Å². The first kappa shape index (κ1) is 24.3. The van der Waals surface area contributed by atoms with Gasteiger partial charge < -0.3 is 10.3 Å². The molecule has 7 heteroatoms. The smallest absolute Gasteiger partial charge is 0.261 e. The summed E-state index contributed by atoms with van der Waals surface area (Å²) in [6, 6.07) is 29.4. The number of nitrogens with one attached hydrogen (secondary N) is 2. The average Bonchev–Trinajstić information content (AvgIpc) is 3.48. The van der Waals surface area contributed by atoms with Gasteiger partial charge in [0.15, 0.2) is 0 Å². The molecule has 0 fully saturated rings. The van der Waals surface area contributed by atoms with Crippen molar-refractivity contribution in [2.24, 2.45) is 0 Å². The molecule has 6 rings (SSSR count). The van der Waals surface area contributed by atoms with E-state index in [9.17, 15) is 18.8 Å². The maximum Gasteiger partial charge on any atom is 0.261 e. The summed E-state index contributed by atoms with van der Waals surface area (Å²) < 4.78 is 13.9. The molecule has 1 aliphatic heterocycles. The van der Waals surface area contributed by atoms with Crippen molar-refractivity contribution in [2.75, 3.05) is 6.54 Å². The van der Waals surface area contributed by atoms with Crippen molar-refractivity contribution in [3.05, 3.63) is 131 Å². The zero-order valence-electron chi connectivity index (χ0n) is 20.9. The van der Waals surface area contributed by atoms with Crippen LogP contribution >= 0.6 is 0 Å². The number of rotatable bonds is 7. The largest absolute Gasteiger partial charge is 0.355 e. The highest BCUT2D eigenvalue weighted by atomic mass is 19.1. The normalized spacial score (nSPS) is 13.5. The van der Waals surface area contributed by atoms with Gasteiger partial charge in [-0.1, -0.05) is 60.7 Å². The average molecular weight is 518 g/mol. The van der Waals surface area contributed by atoms with Crippen molar-refractivity contribution in [3.63, 3.8) is 0 Å². The zero-order chi connectivity index (χ0) is 26.9. The summed E-state index contributed by atoms with van der Waals surface area (Å²) in [6.07, 6.45) is 0.236. The number of halogens is 1. The number of benzene rings is 4. The first-order valence-corrected chi connectivity index (χ1v) is 12.6. The Morgan fingerprint density at radius 1 is 0.821 bits per heavy atom. The van der Waals surface area contributed by atoms with Gasteiger partial charge in [0.25, 0.3) is 17.7 Å². The minimum atomic E-state index is -0.638. The lowest BCUT2D eigenvalue weighted by Crippen LogP contribution is -2.47. The molecule has 1 aromatic heterocycles. The SMILES string of the molecule is O=C(N[C@@H](Cc1cccc(F)c1)CN1C(=O)c2ccccc2C1=O)c1ccc2cc(-c3ccccc3)[nH]c2c1. The fourth-order valence-corrected chi connectivity index (χ4v) is 5.05. The van der Waals surface area contributed by atoms with Gasteiger partial charge in [0, 0.05) is 28.7 Å². The molecular formula is C32H24FN3O3. The van der Waals surface area contributed by atoms with Gasteiger partial charge >= 0.3 is 0 Å². The fraction of sp³-hybridized carbons (Fsp3) is 0.0938. The van der Waals surface area contributed by atoms with E-state index in [1.54, 1.807) is 48.5 Å². The van der Waals surface area contributed by atoms with Gasteiger partial charge in [0.1, 0.15) is 5.82 Å². The predicted octanol–water partition coefficient (Wildman–Crippen LogP) is 5.61. The van der Waals surface area contributed by atoms with Crippen LogP contribution in [0.4, 0.5) is 4.39 Å². The topological polar surface area (TPSA) is 82.3 Å². The third kappa shape index (κ3) is 4.82. The van der Waals surface area contributed by atoms with Crippen LogP contribution in [0.15, 0.2) is 103 Å². The lowest BCUT2D eigenvalue weighted by Gasteiger charge is -2.24. The maximum absolute atomic E-state index is 13.9. The van der Waals surface area contributed by atoms with Gasteiger partial charge in [-0.25, -0.2) is 4.39 Å². The lowest BCUT2D eigenvalue weighted by atomic mass is 10.0. The third-order valence-corrected chi connectivity index (χ3v) is 6.96. The Morgan fingerprint density at radius 3 is 2.26 bits per heavy atom. The molecule has 5 aromatic rings. The second kappa shape index (κ2) is 10.0. The monoisotopic (exact) mass is 517 g/mol. The molecule has 2 N–H and O–H groups in total. The van der Waals surface area contributed by atoms with Crippen LogP contribution in [0.25, 0.3) is 22.2 Å². The molecule has 0 aliphatic carbocycles. The van der Waals surface area contributed by atoms with E-state index in [4.69, 9.17) is 0 Å². The van der Waals surface area contributed by atoms with Crippen molar-refractivity contribution >= 4 is 28.6 Å². The van der Waals surface area contributed by atoms with Crippen LogP contribution < -0.4 is 5.32 Å². The van der Waals surface area contributed by atoms with E-state index in [1.807, 2.05) is 42.5 Å². The predicted molar refractivity (Wildman–Crippen MR) is 147 cm³/mol. The van der Waals surface area contributed by atoms with Crippen LogP contribution in [-0.2, 0) is 6.42 Å². The summed E-state index contributed by atoms with van der Waals surface area (Å²) in [5.74, 6) is -1.57. The molecule has 39 heavy (non-hydrogen) atoms. The van der Waals surface area contributed by atoms with E-state index in [0.29, 0.717) is 22.3 Å². The summed E-state index contributed by atoms with van der Waals surface area (Å²) in [6.45, 7) is -0.0441. The van der Waals surface area contributed by atoms with E-state index in [1.165, 1.54) is 12.1 Å². The number of carbonyl (C=O) groups is 3. The zero-order valence-corrected chi connectivity index (χ0v) is 20.9. The van der Waals surface area contributed by atoms with Crippen molar-refractivity contribution in [2.45, 2.75) is 12.5 Å². The van der Waals surface area contributed by atoms with Gasteiger partial charge in [0.2, 0.25) is 0 Å². The molecule has 4 aromatic carbocycles. The standard InChI is InChI=1S/C32H24FN3O3/c33-24-10-6-7-20(15-24)16-25(19-36-31(38)26-11-4-5-12-27(26)32(36)39)34-30(37)23-14-13-22-17-28(35-29(22)18-23)21-8-2-1-3-9-21/h1-15,17-18,25,35H,16,19H2,(H,34,37)/t25-/m0/s1. The Bertz CT molecular complexity index is 1690. The molecule has 0 spiro atoms. The first-order chi connectivity index (χ1) is 19.0. The van der Waals surface area contributed by atoms with Gasteiger partial charge in [0.05, 0.1) is 17.2 Å². The van der Waals surface area contributed by atoms with E-state index in [2.05, 4.69) is 10.3 Å². The molecule has 6 nitrogen and oxygen atoms in total. The highest BCUT2D eigenvalue weighted by molar-refractivity contribution is 6.21. The number of hydrogen-bond acceptors (Lipinski definition) is 3. The number of aromatic amines is 1. The van der Waals surface area contributed by atoms with E-state index in [0.717, 1.165) is 27.1 Å². The van der Waals surface area contributed by atoms with E-state index >= 15 is 0 Å². The maximum atomic E-state index is 13.9. The molecular weight excluding hydrogens is 493 g/mol. The molecule has 0 bridgehead atoms. The Balaban J connectivity index is 1.26. The molecule has 3 amide bonds. The number of hydrogen-bond donors (Lipinski definition) is 2. The summed E-state index contributed by atoms with van der Waals surface area (Å²) in [5, 5.41) is 3.94. The van der Waals surface area contributed by atoms with Gasteiger partial charge in [-0.3, -0.25) is 19.3 Å². The van der Waals surface area contributed by atoms with Gasteiger partial charge in [-0.05, 0) is 60.0 Å². The number of H-pyrrole nitrogens is 1. The van der Waals surface area contributed by atoms with Crippen LogP contribution in [-0.4, -0.2) is 40.2 Å². The van der Waals surface area contributed by atoms with Crippen molar-refractivity contribution in [1.82, 2.24) is 15.2 Å². The number of nitrogens with zero attached hydrogens (tertiary/aromatic N) is 1. The van der Waals surface area contributed by atoms with Crippen LogP contribution in [0.3, 0.4) is 0 Å². The summed E-state index contributed by atoms with van der Waals surface area (Å²) in [5.41, 5.74) is 4.53. The first-order valence-electron chi connectivity index (χ1n) is 12.6. The second-order valence-electron chi connectivity index (χ2n) is 9.62. The molecule has 0 saturated heterocycles. The highest BCUT2D eigenvalue weighted by Gasteiger charge is 2.36. The minimum absolute atomic E-state index is 0.0441. The van der Waals surface area contributed by atoms with E-state index in [-0.39, 0.29) is 18.9 Å². The van der Waals surface area contributed by atoms with Crippen LogP contribution in [0.2, 0.25) is 0 Å². The quantitative estimate of drug-likeness (QED) is 0.275. The summed E-state index contributed by atoms with van der Waals surface area (Å²) in [7, 11) is 0. The molecule has 192 valence electrons. The Morgan fingerprint density at radius 2 is 1.54 bits per heavy atom. The fourth-order valence-electron chi connectivity index (χ4n) is 5.05. The second-order valence-corrected chi connectivity index (χ2v) is 9.62. The number of fused-ring (bicyclic) bond motifs is 2. The minimum Gasteiger partial charge on any atom is -0.355 e. The lowest BCUT2D eigenvalue weighted by molar-refractivity contribution is 0.0628. The summed E-state index contributed by atoms with van der Waals surface area (Å²) >= 11 is 0.